The fourth-order valence-electron chi connectivity index (χ4n) is 2.40. The molecule has 0 aliphatic rings. The van der Waals surface area contributed by atoms with E-state index in [9.17, 15) is 13.5 Å². The first kappa shape index (κ1) is 17.6. The van der Waals surface area contributed by atoms with E-state index in [1.54, 1.807) is 30.3 Å². The summed E-state index contributed by atoms with van der Waals surface area (Å²) in [6.07, 6.45) is 1.77. The van der Waals surface area contributed by atoms with Gasteiger partial charge in [0, 0.05) is 23.2 Å². The fourth-order valence-corrected chi connectivity index (χ4v) is 3.18. The molecule has 0 saturated heterocycles. The van der Waals surface area contributed by atoms with Crippen LogP contribution in [-0.2, 0) is 9.84 Å². The Morgan fingerprint density at radius 2 is 1.88 bits per heavy atom. The number of anilines is 1. The zero-order valence-electron chi connectivity index (χ0n) is 13.3. The number of aromatic nitrogens is 2. The smallest absolute Gasteiger partial charge is 0.175 e. The van der Waals surface area contributed by atoms with Crippen molar-refractivity contribution in [1.82, 2.24) is 9.97 Å². The van der Waals surface area contributed by atoms with Crippen molar-refractivity contribution in [2.75, 3.05) is 18.1 Å². The summed E-state index contributed by atoms with van der Waals surface area (Å²) in [5.41, 5.74) is 1.33. The van der Waals surface area contributed by atoms with Crippen molar-refractivity contribution >= 4 is 38.2 Å². The molecule has 1 aromatic heterocycles. The number of aliphatic hydroxyl groups is 1. The minimum absolute atomic E-state index is 0.191. The zero-order valence-corrected chi connectivity index (χ0v) is 14.9. The molecule has 0 spiro atoms. The molecule has 0 radical (unpaired) electrons. The normalized spacial score (nSPS) is 12.9. The van der Waals surface area contributed by atoms with Crippen molar-refractivity contribution < 1.29 is 13.5 Å². The second-order valence-electron chi connectivity index (χ2n) is 5.62. The Hall–Kier alpha value is -2.22. The Kier molecular flexibility index (Phi) is 4.89. The van der Waals surface area contributed by atoms with E-state index in [1.807, 2.05) is 0 Å². The maximum absolute atomic E-state index is 11.8. The Morgan fingerprint density at radius 3 is 2.56 bits per heavy atom. The van der Waals surface area contributed by atoms with Gasteiger partial charge < -0.3 is 10.4 Å². The summed E-state index contributed by atoms with van der Waals surface area (Å²) < 4.78 is 23.5. The molecular formula is C17H16ClN3O3S. The molecule has 130 valence electrons. The van der Waals surface area contributed by atoms with Gasteiger partial charge in [0.25, 0.3) is 0 Å². The van der Waals surface area contributed by atoms with Gasteiger partial charge in [0.1, 0.15) is 12.1 Å². The molecule has 2 N–H and O–H groups in total. The van der Waals surface area contributed by atoms with Gasteiger partial charge in [-0.1, -0.05) is 23.7 Å². The molecule has 3 rings (SSSR count). The van der Waals surface area contributed by atoms with Gasteiger partial charge in [-0.25, -0.2) is 18.4 Å². The molecule has 0 saturated carbocycles. The van der Waals surface area contributed by atoms with Crippen molar-refractivity contribution in [3.63, 3.8) is 0 Å². The van der Waals surface area contributed by atoms with Gasteiger partial charge in [-0.3, -0.25) is 0 Å². The van der Waals surface area contributed by atoms with Gasteiger partial charge >= 0.3 is 0 Å². The van der Waals surface area contributed by atoms with Gasteiger partial charge in [0.05, 0.1) is 16.5 Å². The Balaban J connectivity index is 1.86. The van der Waals surface area contributed by atoms with E-state index in [1.165, 1.54) is 18.5 Å². The van der Waals surface area contributed by atoms with Crippen molar-refractivity contribution in [1.29, 1.82) is 0 Å². The third-order valence-corrected chi connectivity index (χ3v) is 5.11. The van der Waals surface area contributed by atoms with Crippen LogP contribution in [0.5, 0.6) is 0 Å². The first-order valence-corrected chi connectivity index (χ1v) is 9.74. The highest BCUT2D eigenvalue weighted by Crippen LogP contribution is 2.24. The van der Waals surface area contributed by atoms with Gasteiger partial charge in [0.15, 0.2) is 9.84 Å². The van der Waals surface area contributed by atoms with E-state index in [-0.39, 0.29) is 11.4 Å². The molecule has 3 aromatic rings. The molecule has 0 bridgehead atoms. The second kappa shape index (κ2) is 6.95. The first-order chi connectivity index (χ1) is 11.8. The van der Waals surface area contributed by atoms with Crippen LogP contribution < -0.4 is 5.32 Å². The lowest BCUT2D eigenvalue weighted by molar-refractivity contribution is 0.191. The van der Waals surface area contributed by atoms with Crippen molar-refractivity contribution in [2.45, 2.75) is 11.0 Å². The number of halogens is 1. The Morgan fingerprint density at radius 1 is 1.16 bits per heavy atom. The molecule has 0 amide bonds. The number of nitrogens with zero attached hydrogens (tertiary/aromatic N) is 2. The molecule has 0 aliphatic carbocycles. The largest absolute Gasteiger partial charge is 0.387 e. The lowest BCUT2D eigenvalue weighted by Crippen LogP contribution is -2.13. The topological polar surface area (TPSA) is 92.2 Å². The van der Waals surface area contributed by atoms with Crippen LogP contribution >= 0.6 is 11.6 Å². The fraction of sp³-hybridized carbons (Fsp3) is 0.176. The van der Waals surface area contributed by atoms with Crippen LogP contribution in [-0.4, -0.2) is 36.3 Å². The minimum atomic E-state index is -3.33. The van der Waals surface area contributed by atoms with Gasteiger partial charge in [-0.2, -0.15) is 0 Å². The third-order valence-electron chi connectivity index (χ3n) is 3.75. The summed E-state index contributed by atoms with van der Waals surface area (Å²) in [6.45, 7) is 0.205. The van der Waals surface area contributed by atoms with Crippen LogP contribution in [0.15, 0.2) is 53.7 Å². The van der Waals surface area contributed by atoms with E-state index in [0.717, 1.165) is 6.26 Å². The lowest BCUT2D eigenvalue weighted by Gasteiger charge is -2.14. The molecule has 8 heteroatoms. The predicted molar refractivity (Wildman–Crippen MR) is 97.5 cm³/mol. The second-order valence-corrected chi connectivity index (χ2v) is 8.07. The van der Waals surface area contributed by atoms with Crippen molar-refractivity contribution in [3.05, 3.63) is 59.4 Å². The first-order valence-electron chi connectivity index (χ1n) is 7.47. The third kappa shape index (κ3) is 4.07. The molecule has 1 heterocycles. The van der Waals surface area contributed by atoms with Crippen LogP contribution in [0.4, 0.5) is 5.82 Å². The van der Waals surface area contributed by atoms with Crippen LogP contribution in [0.25, 0.3) is 10.9 Å². The summed E-state index contributed by atoms with van der Waals surface area (Å²) in [5.74, 6) is 0.462. The quantitative estimate of drug-likeness (QED) is 0.710. The van der Waals surface area contributed by atoms with E-state index in [2.05, 4.69) is 15.3 Å². The zero-order chi connectivity index (χ0) is 18.0. The van der Waals surface area contributed by atoms with E-state index in [4.69, 9.17) is 11.6 Å². The number of fused-ring (bicyclic) bond motifs is 1. The number of sulfone groups is 1. The van der Waals surface area contributed by atoms with Crippen LogP contribution in [0, 0.1) is 0 Å². The molecule has 2 aromatic carbocycles. The maximum atomic E-state index is 11.8. The SMILES string of the molecule is CS(=O)(=O)c1ccc2ncnc(NCC(O)c3ccc(Cl)cc3)c2c1. The molecular weight excluding hydrogens is 362 g/mol. The van der Waals surface area contributed by atoms with E-state index < -0.39 is 15.9 Å². The molecule has 1 atom stereocenters. The Labute approximate surface area is 150 Å². The number of nitrogens with one attached hydrogen (secondary N) is 1. The number of rotatable bonds is 5. The van der Waals surface area contributed by atoms with Crippen LogP contribution in [0.1, 0.15) is 11.7 Å². The van der Waals surface area contributed by atoms with Crippen molar-refractivity contribution in [2.24, 2.45) is 0 Å². The van der Waals surface area contributed by atoms with E-state index >= 15 is 0 Å². The number of hydrogen-bond acceptors (Lipinski definition) is 6. The monoisotopic (exact) mass is 377 g/mol. The molecule has 0 aliphatic heterocycles. The molecule has 0 fully saturated rings. The van der Waals surface area contributed by atoms with Crippen molar-refractivity contribution in [3.8, 4) is 0 Å². The number of aliphatic hydroxyl groups excluding tert-OH is 1. The average molecular weight is 378 g/mol. The maximum Gasteiger partial charge on any atom is 0.175 e. The number of benzene rings is 2. The van der Waals surface area contributed by atoms with Gasteiger partial charge in [-0.05, 0) is 35.9 Å². The highest BCUT2D eigenvalue weighted by molar-refractivity contribution is 7.90. The van der Waals surface area contributed by atoms with Crippen LogP contribution in [0.2, 0.25) is 5.02 Å². The standard InChI is InChI=1S/C17H16ClN3O3S/c1-25(23,24)13-6-7-15-14(8-13)17(21-10-20-15)19-9-16(22)11-2-4-12(18)5-3-11/h2-8,10,16,22H,9H2,1H3,(H,19,20,21). The lowest BCUT2D eigenvalue weighted by atomic mass is 10.1. The van der Waals surface area contributed by atoms with Crippen LogP contribution in [0.3, 0.4) is 0 Å². The molecule has 1 unspecified atom stereocenters. The highest BCUT2D eigenvalue weighted by Gasteiger charge is 2.13. The van der Waals surface area contributed by atoms with Gasteiger partial charge in [0.2, 0.25) is 0 Å². The minimum Gasteiger partial charge on any atom is -0.387 e. The van der Waals surface area contributed by atoms with Gasteiger partial charge in [-0.15, -0.1) is 0 Å². The highest BCUT2D eigenvalue weighted by atomic mass is 35.5. The predicted octanol–water partition coefficient (Wildman–Crippen LogP) is 2.83. The molecule has 6 nitrogen and oxygen atoms in total. The average Bonchev–Trinajstić information content (AvgIpc) is 2.59. The summed E-state index contributed by atoms with van der Waals surface area (Å²) in [4.78, 5) is 8.49. The molecule has 25 heavy (non-hydrogen) atoms. The number of hydrogen-bond donors (Lipinski definition) is 2. The summed E-state index contributed by atoms with van der Waals surface area (Å²) in [6, 6.07) is 11.6. The summed E-state index contributed by atoms with van der Waals surface area (Å²) in [5, 5.41) is 14.5. The van der Waals surface area contributed by atoms with E-state index in [0.29, 0.717) is 27.3 Å². The Bertz CT molecular complexity index is 1010. The summed E-state index contributed by atoms with van der Waals surface area (Å²) in [7, 11) is -3.33. The summed E-state index contributed by atoms with van der Waals surface area (Å²) >= 11 is 5.84.